The Labute approximate surface area is 191 Å². The second-order valence-electron chi connectivity index (χ2n) is 7.58. The van der Waals surface area contributed by atoms with E-state index in [1.807, 2.05) is 42.5 Å². The van der Waals surface area contributed by atoms with Gasteiger partial charge in [0.2, 0.25) is 0 Å². The van der Waals surface area contributed by atoms with E-state index in [-0.39, 0.29) is 0 Å². The summed E-state index contributed by atoms with van der Waals surface area (Å²) in [6, 6.07) is 18.4. The van der Waals surface area contributed by atoms with E-state index in [2.05, 4.69) is 53.0 Å². The van der Waals surface area contributed by atoms with Gasteiger partial charge in [0.1, 0.15) is 10.8 Å². The first-order chi connectivity index (χ1) is 15.1. The molecule has 0 aliphatic rings. The van der Waals surface area contributed by atoms with Crippen molar-refractivity contribution < 1.29 is 4.74 Å². The molecule has 0 amide bonds. The van der Waals surface area contributed by atoms with E-state index >= 15 is 0 Å². The average Bonchev–Trinajstić information content (AvgIpc) is 3.44. The van der Waals surface area contributed by atoms with Gasteiger partial charge in [0.05, 0.1) is 12.3 Å². The first-order valence-corrected chi connectivity index (χ1v) is 12.3. The fourth-order valence-corrected chi connectivity index (χ4v) is 4.91. The van der Waals surface area contributed by atoms with E-state index in [1.165, 1.54) is 0 Å². The molecule has 0 aliphatic heterocycles. The minimum atomic E-state index is 0.504. The van der Waals surface area contributed by atoms with Crippen LogP contribution in [0.4, 0.5) is 0 Å². The summed E-state index contributed by atoms with van der Waals surface area (Å²) in [5.74, 6) is 3.03. The van der Waals surface area contributed by atoms with E-state index in [0.717, 1.165) is 50.9 Å². The molecule has 0 fully saturated rings. The van der Waals surface area contributed by atoms with Crippen molar-refractivity contribution in [2.75, 3.05) is 6.61 Å². The molecule has 4 aromatic rings. The quantitative estimate of drug-likeness (QED) is 0.276. The van der Waals surface area contributed by atoms with Crippen LogP contribution in [0.3, 0.4) is 0 Å². The Morgan fingerprint density at radius 1 is 1.00 bits per heavy atom. The van der Waals surface area contributed by atoms with Gasteiger partial charge in [-0.2, -0.15) is 0 Å². The highest BCUT2D eigenvalue weighted by Gasteiger charge is 2.14. The molecule has 0 atom stereocenters. The highest BCUT2D eigenvalue weighted by Crippen LogP contribution is 2.30. The summed E-state index contributed by atoms with van der Waals surface area (Å²) in [7, 11) is 0. The fourth-order valence-electron chi connectivity index (χ4n) is 3.08. The number of thiazole rings is 1. The molecule has 0 spiro atoms. The summed E-state index contributed by atoms with van der Waals surface area (Å²) in [5.41, 5.74) is 3.26. The Bertz CT molecular complexity index is 1100. The minimum absolute atomic E-state index is 0.504. The molecule has 0 aliphatic carbocycles. The molecular weight excluding hydrogens is 424 g/mol. The van der Waals surface area contributed by atoms with Gasteiger partial charge in [-0.15, -0.1) is 21.5 Å². The molecule has 0 radical (unpaired) electrons. The number of hydrogen-bond acceptors (Lipinski definition) is 6. The normalized spacial score (nSPS) is 11.2. The molecule has 2 aromatic heterocycles. The first kappa shape index (κ1) is 21.6. The van der Waals surface area contributed by atoms with Crippen molar-refractivity contribution in [3.8, 4) is 27.7 Å². The lowest BCUT2D eigenvalue weighted by atomic mass is 10.2. The largest absolute Gasteiger partial charge is 0.493 e. The van der Waals surface area contributed by atoms with E-state index in [4.69, 9.17) is 9.72 Å². The molecule has 160 valence electrons. The number of benzene rings is 2. The van der Waals surface area contributed by atoms with Crippen molar-refractivity contribution in [3.63, 3.8) is 0 Å². The smallest absolute Gasteiger partial charge is 0.191 e. The fraction of sp³-hybridized carbons (Fsp3) is 0.292. The van der Waals surface area contributed by atoms with Crippen molar-refractivity contribution >= 4 is 23.1 Å². The van der Waals surface area contributed by atoms with Gasteiger partial charge in [0.25, 0.3) is 0 Å². The number of rotatable bonds is 9. The first-order valence-electron chi connectivity index (χ1n) is 10.4. The number of hydrogen-bond donors (Lipinski definition) is 0. The Morgan fingerprint density at radius 3 is 2.48 bits per heavy atom. The van der Waals surface area contributed by atoms with Crippen molar-refractivity contribution in [1.82, 2.24) is 19.7 Å². The second kappa shape index (κ2) is 10.1. The van der Waals surface area contributed by atoms with Crippen LogP contribution in [-0.2, 0) is 12.3 Å². The predicted octanol–water partition coefficient (Wildman–Crippen LogP) is 6.42. The van der Waals surface area contributed by atoms with Crippen LogP contribution in [0, 0.1) is 5.92 Å². The zero-order chi connectivity index (χ0) is 21.6. The molecule has 5 nitrogen and oxygen atoms in total. The van der Waals surface area contributed by atoms with Gasteiger partial charge in [-0.1, -0.05) is 55.9 Å². The van der Waals surface area contributed by atoms with E-state index in [1.54, 1.807) is 23.1 Å². The number of ether oxygens (including phenoxy) is 1. The van der Waals surface area contributed by atoms with E-state index < -0.39 is 0 Å². The van der Waals surface area contributed by atoms with Gasteiger partial charge in [0.15, 0.2) is 11.0 Å². The molecule has 2 heterocycles. The third-order valence-electron chi connectivity index (χ3n) is 4.65. The summed E-state index contributed by atoms with van der Waals surface area (Å²) >= 11 is 3.35. The Kier molecular flexibility index (Phi) is 7.04. The van der Waals surface area contributed by atoms with Gasteiger partial charge in [-0.3, -0.25) is 0 Å². The molecule has 0 unspecified atom stereocenters. The van der Waals surface area contributed by atoms with Crippen molar-refractivity contribution in [3.05, 3.63) is 65.7 Å². The molecule has 0 saturated heterocycles. The van der Waals surface area contributed by atoms with Gasteiger partial charge in [-0.25, -0.2) is 4.98 Å². The molecular formula is C24H26N4OS2. The zero-order valence-electron chi connectivity index (χ0n) is 18.0. The lowest BCUT2D eigenvalue weighted by molar-refractivity contribution is 0.271. The summed E-state index contributed by atoms with van der Waals surface area (Å²) in [6.07, 6.45) is 0. The van der Waals surface area contributed by atoms with Crippen molar-refractivity contribution in [1.29, 1.82) is 0 Å². The Balaban J connectivity index is 1.44. The molecule has 0 bridgehead atoms. The standard InChI is InChI=1S/C24H26N4OS2/c1-4-28-22(18-10-12-21(13-11-18)29-14-17(2)3)26-27-24(28)31-16-20-15-30-23(25-20)19-8-6-5-7-9-19/h5-13,15,17H,4,14,16H2,1-3H3. The minimum Gasteiger partial charge on any atom is -0.493 e. The van der Waals surface area contributed by atoms with Crippen LogP contribution >= 0.6 is 23.1 Å². The SMILES string of the molecule is CCn1c(SCc2csc(-c3ccccc3)n2)nnc1-c1ccc(OCC(C)C)cc1. The summed E-state index contributed by atoms with van der Waals surface area (Å²) in [4.78, 5) is 4.78. The Morgan fingerprint density at radius 2 is 1.77 bits per heavy atom. The van der Waals surface area contributed by atoms with Crippen LogP contribution in [0.1, 0.15) is 26.5 Å². The Hall–Kier alpha value is -2.64. The van der Waals surface area contributed by atoms with Gasteiger partial charge in [0, 0.05) is 28.8 Å². The maximum absolute atomic E-state index is 5.79. The predicted molar refractivity (Wildman–Crippen MR) is 129 cm³/mol. The van der Waals surface area contributed by atoms with Crippen LogP contribution in [0.25, 0.3) is 22.0 Å². The maximum atomic E-state index is 5.79. The molecule has 0 saturated carbocycles. The molecule has 7 heteroatoms. The number of aromatic nitrogens is 4. The van der Waals surface area contributed by atoms with E-state index in [0.29, 0.717) is 12.5 Å². The van der Waals surface area contributed by atoms with E-state index in [9.17, 15) is 0 Å². The molecule has 0 N–H and O–H groups in total. The second-order valence-corrected chi connectivity index (χ2v) is 9.38. The lowest BCUT2D eigenvalue weighted by Crippen LogP contribution is -2.04. The topological polar surface area (TPSA) is 52.8 Å². The number of nitrogens with zero attached hydrogens (tertiary/aromatic N) is 4. The van der Waals surface area contributed by atoms with Crippen LogP contribution in [0.15, 0.2) is 65.1 Å². The number of thioether (sulfide) groups is 1. The monoisotopic (exact) mass is 450 g/mol. The highest BCUT2D eigenvalue weighted by atomic mass is 32.2. The van der Waals surface area contributed by atoms with Gasteiger partial charge < -0.3 is 9.30 Å². The lowest BCUT2D eigenvalue weighted by Gasteiger charge is -2.10. The third-order valence-corrected chi connectivity index (χ3v) is 6.59. The maximum Gasteiger partial charge on any atom is 0.191 e. The summed E-state index contributed by atoms with van der Waals surface area (Å²) < 4.78 is 7.94. The summed E-state index contributed by atoms with van der Waals surface area (Å²) in [6.45, 7) is 7.93. The molecule has 2 aromatic carbocycles. The average molecular weight is 451 g/mol. The van der Waals surface area contributed by atoms with Gasteiger partial charge in [-0.05, 0) is 37.1 Å². The highest BCUT2D eigenvalue weighted by molar-refractivity contribution is 7.98. The van der Waals surface area contributed by atoms with Crippen molar-refractivity contribution in [2.24, 2.45) is 5.92 Å². The molecule has 31 heavy (non-hydrogen) atoms. The third kappa shape index (κ3) is 5.35. The zero-order valence-corrected chi connectivity index (χ0v) is 19.6. The van der Waals surface area contributed by atoms with Crippen LogP contribution in [-0.4, -0.2) is 26.4 Å². The van der Waals surface area contributed by atoms with Gasteiger partial charge >= 0.3 is 0 Å². The molecule has 4 rings (SSSR count). The van der Waals surface area contributed by atoms with Crippen molar-refractivity contribution in [2.45, 2.75) is 38.2 Å². The summed E-state index contributed by atoms with van der Waals surface area (Å²) in [5, 5.41) is 13.0. The van der Waals surface area contributed by atoms with Crippen LogP contribution in [0.2, 0.25) is 0 Å². The van der Waals surface area contributed by atoms with Crippen LogP contribution < -0.4 is 4.74 Å². The van der Waals surface area contributed by atoms with Crippen LogP contribution in [0.5, 0.6) is 5.75 Å².